The highest BCUT2D eigenvalue weighted by Gasteiger charge is 2.08. The molecule has 6 nitrogen and oxygen atoms in total. The number of pyridine rings is 1. The van der Waals surface area contributed by atoms with Gasteiger partial charge in [0.1, 0.15) is 5.65 Å². The van der Waals surface area contributed by atoms with E-state index in [-0.39, 0.29) is 30.9 Å². The molecule has 0 unspecified atom stereocenters. The van der Waals surface area contributed by atoms with Gasteiger partial charge in [0.15, 0.2) is 5.15 Å². The van der Waals surface area contributed by atoms with Crippen molar-refractivity contribution in [2.75, 3.05) is 6.54 Å². The Labute approximate surface area is 139 Å². The van der Waals surface area contributed by atoms with E-state index in [9.17, 15) is 9.59 Å². The number of carbonyl (C=O) groups excluding carboxylic acids is 2. The first-order valence-corrected chi connectivity index (χ1v) is 7.63. The van der Waals surface area contributed by atoms with Crippen molar-refractivity contribution < 1.29 is 14.3 Å². The third-order valence-electron chi connectivity index (χ3n) is 2.91. The van der Waals surface area contributed by atoms with E-state index in [1.165, 1.54) is 6.08 Å². The van der Waals surface area contributed by atoms with Crippen LogP contribution in [-0.2, 0) is 14.3 Å². The molecule has 0 bridgehead atoms. The van der Waals surface area contributed by atoms with Crippen LogP contribution in [0.15, 0.2) is 30.5 Å². The van der Waals surface area contributed by atoms with Gasteiger partial charge in [-0.3, -0.25) is 14.0 Å². The predicted molar refractivity (Wildman–Crippen MR) is 88.1 cm³/mol. The van der Waals surface area contributed by atoms with Crippen molar-refractivity contribution in [3.05, 3.63) is 41.3 Å². The zero-order valence-electron chi connectivity index (χ0n) is 13.0. The highest BCUT2D eigenvalue weighted by atomic mass is 35.5. The first-order chi connectivity index (χ1) is 11.0. The fraction of sp³-hybridized carbons (Fsp3) is 0.312. The lowest BCUT2D eigenvalue weighted by atomic mass is 10.3. The van der Waals surface area contributed by atoms with Gasteiger partial charge in [-0.1, -0.05) is 17.7 Å². The maximum Gasteiger partial charge on any atom is 0.307 e. The first kappa shape index (κ1) is 17.0. The highest BCUT2D eigenvalue weighted by Crippen LogP contribution is 2.18. The lowest BCUT2D eigenvalue weighted by Crippen LogP contribution is -2.25. The van der Waals surface area contributed by atoms with Gasteiger partial charge in [-0.15, -0.1) is 0 Å². The number of carbonyl (C=O) groups is 2. The molecule has 1 N–H and O–H groups in total. The van der Waals surface area contributed by atoms with Gasteiger partial charge in [-0.2, -0.15) is 0 Å². The van der Waals surface area contributed by atoms with Crippen LogP contribution in [-0.4, -0.2) is 33.9 Å². The summed E-state index contributed by atoms with van der Waals surface area (Å²) in [4.78, 5) is 27.3. The molecule has 1 amide bonds. The summed E-state index contributed by atoms with van der Waals surface area (Å²) in [5, 5.41) is 2.94. The summed E-state index contributed by atoms with van der Waals surface area (Å²) in [5.41, 5.74) is 1.32. The average molecular weight is 336 g/mol. The van der Waals surface area contributed by atoms with Gasteiger partial charge >= 0.3 is 5.97 Å². The molecule has 2 aromatic rings. The Hall–Kier alpha value is -2.34. The number of hydrogen-bond donors (Lipinski definition) is 1. The molecule has 0 radical (unpaired) electrons. The van der Waals surface area contributed by atoms with Crippen molar-refractivity contribution >= 4 is 35.2 Å². The van der Waals surface area contributed by atoms with E-state index in [2.05, 4.69) is 10.3 Å². The maximum atomic E-state index is 11.8. The van der Waals surface area contributed by atoms with Crippen LogP contribution in [0.5, 0.6) is 0 Å². The minimum atomic E-state index is -0.339. The molecule has 0 aliphatic rings. The summed E-state index contributed by atoms with van der Waals surface area (Å²) in [5.74, 6) is -0.654. The van der Waals surface area contributed by atoms with Gasteiger partial charge in [0, 0.05) is 18.8 Å². The van der Waals surface area contributed by atoms with Gasteiger partial charge in [0.2, 0.25) is 5.91 Å². The molecule has 2 rings (SSSR count). The Kier molecular flexibility index (Phi) is 5.76. The van der Waals surface area contributed by atoms with Crippen LogP contribution in [0.25, 0.3) is 11.7 Å². The van der Waals surface area contributed by atoms with E-state index >= 15 is 0 Å². The van der Waals surface area contributed by atoms with Crippen LogP contribution in [0, 0.1) is 0 Å². The average Bonchev–Trinajstić information content (AvgIpc) is 2.79. The van der Waals surface area contributed by atoms with E-state index in [0.29, 0.717) is 16.5 Å². The summed E-state index contributed by atoms with van der Waals surface area (Å²) in [6.45, 7) is 3.77. The Balaban J connectivity index is 1.91. The van der Waals surface area contributed by atoms with Crippen molar-refractivity contribution in [3.8, 4) is 0 Å². The number of aromatic nitrogens is 2. The van der Waals surface area contributed by atoms with Crippen molar-refractivity contribution in [3.63, 3.8) is 0 Å². The largest absolute Gasteiger partial charge is 0.463 e. The predicted octanol–water partition coefficient (Wildman–Crippen LogP) is 2.46. The minimum Gasteiger partial charge on any atom is -0.463 e. The molecule has 0 aromatic carbocycles. The molecule has 0 atom stereocenters. The van der Waals surface area contributed by atoms with Crippen LogP contribution in [0.2, 0.25) is 5.15 Å². The molecule has 0 fully saturated rings. The first-order valence-electron chi connectivity index (χ1n) is 7.25. The second-order valence-electron chi connectivity index (χ2n) is 5.13. The van der Waals surface area contributed by atoms with Crippen molar-refractivity contribution in [2.24, 2.45) is 0 Å². The van der Waals surface area contributed by atoms with Gasteiger partial charge in [-0.05, 0) is 32.1 Å². The van der Waals surface area contributed by atoms with Gasteiger partial charge in [0.25, 0.3) is 0 Å². The summed E-state index contributed by atoms with van der Waals surface area (Å²) in [6, 6.07) is 5.53. The molecule has 0 spiro atoms. The van der Waals surface area contributed by atoms with E-state index in [1.54, 1.807) is 24.3 Å². The highest BCUT2D eigenvalue weighted by molar-refractivity contribution is 6.31. The van der Waals surface area contributed by atoms with Gasteiger partial charge in [0.05, 0.1) is 18.2 Å². The van der Waals surface area contributed by atoms with E-state index in [1.807, 2.05) is 24.4 Å². The summed E-state index contributed by atoms with van der Waals surface area (Å²) in [6.07, 6.45) is 4.73. The molecule has 23 heavy (non-hydrogen) atoms. The van der Waals surface area contributed by atoms with Gasteiger partial charge < -0.3 is 10.1 Å². The number of nitrogens with zero attached hydrogens (tertiary/aromatic N) is 2. The number of ether oxygens (including phenoxy) is 1. The molecule has 2 heterocycles. The quantitative estimate of drug-likeness (QED) is 0.650. The zero-order valence-corrected chi connectivity index (χ0v) is 13.7. The summed E-state index contributed by atoms with van der Waals surface area (Å²) < 4.78 is 6.76. The number of esters is 1. The molecule has 122 valence electrons. The van der Waals surface area contributed by atoms with Crippen LogP contribution in [0.3, 0.4) is 0 Å². The molecule has 7 heteroatoms. The number of fused-ring (bicyclic) bond motifs is 1. The Morgan fingerprint density at radius 1 is 1.43 bits per heavy atom. The zero-order chi connectivity index (χ0) is 16.8. The van der Waals surface area contributed by atoms with Crippen LogP contribution in [0.4, 0.5) is 0 Å². The minimum absolute atomic E-state index is 0.133. The number of nitrogens with one attached hydrogen (secondary N) is 1. The second kappa shape index (κ2) is 7.78. The monoisotopic (exact) mass is 335 g/mol. The normalized spacial score (nSPS) is 11.3. The Morgan fingerprint density at radius 3 is 2.96 bits per heavy atom. The number of rotatable bonds is 6. The maximum absolute atomic E-state index is 11.8. The van der Waals surface area contributed by atoms with Crippen molar-refractivity contribution in [1.29, 1.82) is 0 Å². The Morgan fingerprint density at radius 2 is 2.22 bits per heavy atom. The van der Waals surface area contributed by atoms with Crippen molar-refractivity contribution in [2.45, 2.75) is 26.4 Å². The molecular weight excluding hydrogens is 318 g/mol. The number of imidazole rings is 1. The molecule has 0 aliphatic carbocycles. The van der Waals surface area contributed by atoms with Crippen molar-refractivity contribution in [1.82, 2.24) is 14.7 Å². The van der Waals surface area contributed by atoms with E-state index in [0.717, 1.165) is 0 Å². The number of hydrogen-bond acceptors (Lipinski definition) is 4. The smallest absolute Gasteiger partial charge is 0.307 e. The number of amides is 1. The second-order valence-corrected chi connectivity index (χ2v) is 5.49. The molecular formula is C16H18ClN3O3. The Bertz CT molecular complexity index is 737. The SMILES string of the molecule is CC(C)OC(=O)CCNC(=O)C=Cc1c(Cl)nc2ccccn12. The lowest BCUT2D eigenvalue weighted by Gasteiger charge is -2.07. The van der Waals surface area contributed by atoms with Crippen LogP contribution < -0.4 is 5.32 Å². The van der Waals surface area contributed by atoms with Crippen LogP contribution in [0.1, 0.15) is 26.0 Å². The van der Waals surface area contributed by atoms with E-state index < -0.39 is 0 Å². The van der Waals surface area contributed by atoms with E-state index in [4.69, 9.17) is 16.3 Å². The third kappa shape index (κ3) is 4.82. The standard InChI is InChI=1S/C16H18ClN3O3/c1-11(2)23-15(22)8-9-18-14(21)7-6-12-16(17)19-13-5-3-4-10-20(12)13/h3-7,10-11H,8-9H2,1-2H3,(H,18,21). The number of halogens is 1. The summed E-state index contributed by atoms with van der Waals surface area (Å²) in [7, 11) is 0. The fourth-order valence-corrected chi connectivity index (χ4v) is 2.20. The molecule has 0 saturated heterocycles. The van der Waals surface area contributed by atoms with Gasteiger partial charge in [-0.25, -0.2) is 4.98 Å². The molecule has 0 aliphatic heterocycles. The summed E-state index contributed by atoms with van der Waals surface area (Å²) >= 11 is 6.07. The molecule has 2 aromatic heterocycles. The fourth-order valence-electron chi connectivity index (χ4n) is 1.96. The third-order valence-corrected chi connectivity index (χ3v) is 3.19. The lowest BCUT2D eigenvalue weighted by molar-refractivity contribution is -0.147. The van der Waals surface area contributed by atoms with Crippen LogP contribution >= 0.6 is 11.6 Å². The topological polar surface area (TPSA) is 72.7 Å². The molecule has 0 saturated carbocycles.